The van der Waals surface area contributed by atoms with Gasteiger partial charge in [0.2, 0.25) is 17.7 Å². The van der Waals surface area contributed by atoms with Gasteiger partial charge in [-0.15, -0.1) is 11.3 Å². The van der Waals surface area contributed by atoms with E-state index in [1.165, 1.54) is 11.3 Å². The highest BCUT2D eigenvalue weighted by Crippen LogP contribution is 2.50. The van der Waals surface area contributed by atoms with Gasteiger partial charge < -0.3 is 15.5 Å². The van der Waals surface area contributed by atoms with E-state index in [9.17, 15) is 14.4 Å². The summed E-state index contributed by atoms with van der Waals surface area (Å²) in [6, 6.07) is 17.0. The Morgan fingerprint density at radius 2 is 1.67 bits per heavy atom. The molecule has 1 aromatic heterocycles. The molecule has 36 heavy (non-hydrogen) atoms. The first-order chi connectivity index (χ1) is 17.5. The number of hydrogen-bond acceptors (Lipinski definition) is 5. The second kappa shape index (κ2) is 9.17. The highest BCUT2D eigenvalue weighted by molar-refractivity contribution is 7.14. The van der Waals surface area contributed by atoms with Crippen LogP contribution in [-0.2, 0) is 19.8 Å². The smallest absolute Gasteiger partial charge is 0.248 e. The average Bonchev–Trinajstić information content (AvgIpc) is 3.82. The summed E-state index contributed by atoms with van der Waals surface area (Å²) < 4.78 is 0. The molecule has 2 aromatic carbocycles. The van der Waals surface area contributed by atoms with Crippen LogP contribution in [0.15, 0.2) is 60.0 Å². The van der Waals surface area contributed by atoms with Crippen molar-refractivity contribution >= 4 is 39.9 Å². The molecule has 0 spiro atoms. The van der Waals surface area contributed by atoms with Crippen molar-refractivity contribution in [2.45, 2.75) is 50.0 Å². The van der Waals surface area contributed by atoms with E-state index in [2.05, 4.69) is 15.6 Å². The molecule has 184 valence electrons. The number of amides is 3. The summed E-state index contributed by atoms with van der Waals surface area (Å²) in [5, 5.41) is 8.30. The Morgan fingerprint density at radius 1 is 0.917 bits per heavy atom. The third kappa shape index (κ3) is 4.41. The number of anilines is 2. The van der Waals surface area contributed by atoms with E-state index < -0.39 is 11.5 Å². The van der Waals surface area contributed by atoms with Gasteiger partial charge in [0.25, 0.3) is 0 Å². The van der Waals surface area contributed by atoms with Gasteiger partial charge in [0.05, 0.1) is 11.1 Å². The maximum Gasteiger partial charge on any atom is 0.248 e. The predicted molar refractivity (Wildman–Crippen MR) is 140 cm³/mol. The molecule has 0 bridgehead atoms. The second-order valence-electron chi connectivity index (χ2n) is 9.97. The molecule has 1 saturated heterocycles. The molecule has 0 radical (unpaired) electrons. The van der Waals surface area contributed by atoms with Crippen LogP contribution in [-0.4, -0.2) is 40.2 Å². The molecule has 3 amide bonds. The molecule has 2 N–H and O–H groups in total. The highest BCUT2D eigenvalue weighted by Gasteiger charge is 2.55. The number of carbonyl (C=O) groups excluding carboxylic acids is 3. The zero-order chi connectivity index (χ0) is 24.7. The van der Waals surface area contributed by atoms with Gasteiger partial charge >= 0.3 is 0 Å². The number of thiazole rings is 1. The fourth-order valence-electron chi connectivity index (χ4n) is 5.03. The molecule has 3 aliphatic rings. The summed E-state index contributed by atoms with van der Waals surface area (Å²) in [4.78, 5) is 45.0. The highest BCUT2D eigenvalue weighted by atomic mass is 32.1. The number of carbonyl (C=O) groups is 3. The van der Waals surface area contributed by atoms with Gasteiger partial charge in [-0.25, -0.2) is 4.98 Å². The average molecular weight is 501 g/mol. The van der Waals surface area contributed by atoms with E-state index >= 15 is 0 Å². The maximum absolute atomic E-state index is 13.5. The molecule has 3 aromatic rings. The van der Waals surface area contributed by atoms with Crippen LogP contribution in [0.4, 0.5) is 10.8 Å². The molecule has 2 aliphatic carbocycles. The van der Waals surface area contributed by atoms with Crippen LogP contribution in [0.25, 0.3) is 11.3 Å². The minimum absolute atomic E-state index is 0.0695. The van der Waals surface area contributed by atoms with Gasteiger partial charge in [-0.05, 0) is 56.2 Å². The Kier molecular flexibility index (Phi) is 5.84. The lowest BCUT2D eigenvalue weighted by Crippen LogP contribution is -2.47. The first-order valence-electron chi connectivity index (χ1n) is 12.6. The molecule has 7 nitrogen and oxygen atoms in total. The largest absolute Gasteiger partial charge is 0.330 e. The Balaban J connectivity index is 1.10. The van der Waals surface area contributed by atoms with Crippen LogP contribution in [0.2, 0.25) is 0 Å². The van der Waals surface area contributed by atoms with Crippen LogP contribution < -0.4 is 10.6 Å². The molecule has 8 heteroatoms. The first kappa shape index (κ1) is 22.9. The van der Waals surface area contributed by atoms with E-state index in [0.717, 1.165) is 54.6 Å². The van der Waals surface area contributed by atoms with E-state index in [1.807, 2.05) is 60.0 Å². The molecule has 2 saturated carbocycles. The van der Waals surface area contributed by atoms with Crippen molar-refractivity contribution in [1.82, 2.24) is 9.88 Å². The lowest BCUT2D eigenvalue weighted by molar-refractivity contribution is -0.138. The predicted octanol–water partition coefficient (Wildman–Crippen LogP) is 4.82. The Labute approximate surface area is 213 Å². The molecule has 2 heterocycles. The normalized spacial score (nSPS) is 20.1. The van der Waals surface area contributed by atoms with Crippen molar-refractivity contribution in [3.8, 4) is 11.3 Å². The summed E-state index contributed by atoms with van der Waals surface area (Å²) in [7, 11) is 0. The van der Waals surface area contributed by atoms with Gasteiger partial charge in [-0.2, -0.15) is 0 Å². The molecular weight excluding hydrogens is 472 g/mol. The fraction of sp³-hybridized carbons (Fsp3) is 0.357. The maximum atomic E-state index is 13.5. The van der Waals surface area contributed by atoms with Crippen molar-refractivity contribution in [3.63, 3.8) is 0 Å². The van der Waals surface area contributed by atoms with Crippen LogP contribution in [0.1, 0.15) is 44.1 Å². The van der Waals surface area contributed by atoms with E-state index in [4.69, 9.17) is 0 Å². The molecular formula is C28H28N4O3S. The summed E-state index contributed by atoms with van der Waals surface area (Å²) in [5.74, 6) is 0.134. The van der Waals surface area contributed by atoms with E-state index in [1.54, 1.807) is 4.90 Å². The minimum atomic E-state index is -0.472. The topological polar surface area (TPSA) is 91.4 Å². The zero-order valence-electron chi connectivity index (χ0n) is 19.9. The van der Waals surface area contributed by atoms with Crippen molar-refractivity contribution in [1.29, 1.82) is 0 Å². The number of nitrogens with one attached hydrogen (secondary N) is 2. The standard InChI is InChI=1S/C28H28N4O3S/c33-24(19-8-9-19)29-21-12-10-18(11-13-21)22-17-36-27(30-22)31-25(34)23-7-4-16-32(23)26(35)28(14-15-28)20-5-2-1-3-6-20/h1-3,5-6,10-13,17,19,23H,4,7-9,14-16H2,(H,29,33)(H,30,31,34)/t23-/m1/s1. The monoisotopic (exact) mass is 500 g/mol. The SMILES string of the molecule is O=C(Nc1ccc(-c2csc(NC(=O)[C@H]3CCCN3C(=O)C3(c4ccccc4)CC3)n2)cc1)C1CC1. The van der Waals surface area contributed by atoms with Crippen LogP contribution in [0.5, 0.6) is 0 Å². The molecule has 1 aliphatic heterocycles. The van der Waals surface area contributed by atoms with E-state index in [-0.39, 0.29) is 23.6 Å². The number of likely N-dealkylation sites (tertiary alicyclic amines) is 1. The number of hydrogen-bond donors (Lipinski definition) is 2. The van der Waals surface area contributed by atoms with Crippen molar-refractivity contribution in [2.24, 2.45) is 5.92 Å². The lowest BCUT2D eigenvalue weighted by atomic mass is 9.94. The number of benzene rings is 2. The Bertz CT molecular complexity index is 1300. The Hall–Kier alpha value is -3.52. The van der Waals surface area contributed by atoms with Crippen molar-refractivity contribution in [3.05, 3.63) is 65.5 Å². The third-order valence-electron chi connectivity index (χ3n) is 7.43. The summed E-state index contributed by atoms with van der Waals surface area (Å²) in [5.41, 5.74) is 3.02. The molecule has 1 atom stereocenters. The van der Waals surface area contributed by atoms with Crippen LogP contribution in [0.3, 0.4) is 0 Å². The summed E-state index contributed by atoms with van der Waals surface area (Å²) in [6.07, 6.45) is 5.09. The van der Waals surface area contributed by atoms with Gasteiger partial charge in [0.1, 0.15) is 6.04 Å². The molecule has 0 unspecified atom stereocenters. The molecule has 6 rings (SSSR count). The van der Waals surface area contributed by atoms with Gasteiger partial charge in [0, 0.05) is 29.1 Å². The fourth-order valence-corrected chi connectivity index (χ4v) is 5.75. The number of aromatic nitrogens is 1. The van der Waals surface area contributed by atoms with Gasteiger partial charge in [-0.3, -0.25) is 14.4 Å². The number of nitrogens with zero attached hydrogens (tertiary/aromatic N) is 2. The minimum Gasteiger partial charge on any atom is -0.330 e. The number of rotatable bonds is 7. The van der Waals surface area contributed by atoms with Crippen molar-refractivity contribution < 1.29 is 14.4 Å². The third-order valence-corrected chi connectivity index (χ3v) is 8.19. The lowest BCUT2D eigenvalue weighted by Gasteiger charge is -2.28. The quantitative estimate of drug-likeness (QED) is 0.487. The van der Waals surface area contributed by atoms with Crippen LogP contribution >= 0.6 is 11.3 Å². The first-order valence-corrected chi connectivity index (χ1v) is 13.5. The zero-order valence-corrected chi connectivity index (χ0v) is 20.7. The van der Waals surface area contributed by atoms with Gasteiger partial charge in [-0.1, -0.05) is 42.5 Å². The van der Waals surface area contributed by atoms with Crippen molar-refractivity contribution in [2.75, 3.05) is 17.2 Å². The molecule has 3 fully saturated rings. The van der Waals surface area contributed by atoms with E-state index in [0.29, 0.717) is 18.1 Å². The van der Waals surface area contributed by atoms with Crippen LogP contribution in [0, 0.1) is 5.92 Å². The summed E-state index contributed by atoms with van der Waals surface area (Å²) in [6.45, 7) is 0.609. The second-order valence-corrected chi connectivity index (χ2v) is 10.8. The van der Waals surface area contributed by atoms with Gasteiger partial charge in [0.15, 0.2) is 5.13 Å². The summed E-state index contributed by atoms with van der Waals surface area (Å²) >= 11 is 1.37. The Morgan fingerprint density at radius 3 is 2.36 bits per heavy atom.